The van der Waals surface area contributed by atoms with E-state index in [-0.39, 0.29) is 0 Å². The van der Waals surface area contributed by atoms with Crippen molar-refractivity contribution in [2.24, 2.45) is 0 Å². The number of piperidine rings is 1. The van der Waals surface area contributed by atoms with E-state index in [2.05, 4.69) is 61.5 Å². The van der Waals surface area contributed by atoms with Crippen molar-refractivity contribution >= 4 is 11.3 Å². The number of anilines is 1. The van der Waals surface area contributed by atoms with Gasteiger partial charge in [0.25, 0.3) is 0 Å². The van der Waals surface area contributed by atoms with Crippen LogP contribution in [-0.4, -0.2) is 37.6 Å². The van der Waals surface area contributed by atoms with Gasteiger partial charge in [0.05, 0.1) is 0 Å². The minimum atomic E-state index is 0.692. The van der Waals surface area contributed by atoms with Gasteiger partial charge in [-0.3, -0.25) is 0 Å². The van der Waals surface area contributed by atoms with Gasteiger partial charge in [0.15, 0.2) is 0 Å². The molecule has 1 saturated heterocycles. The van der Waals surface area contributed by atoms with Gasteiger partial charge in [-0.2, -0.15) is 0 Å². The number of hydrogen-bond donors (Lipinski definition) is 0. The summed E-state index contributed by atoms with van der Waals surface area (Å²) >= 11 is 0. The van der Waals surface area contributed by atoms with Crippen LogP contribution in [0.4, 0.5) is 5.69 Å². The maximum Gasteiger partial charge on any atom is 0.0369 e. The van der Waals surface area contributed by atoms with Crippen molar-refractivity contribution in [1.29, 1.82) is 0 Å². The van der Waals surface area contributed by atoms with Crippen LogP contribution >= 0.6 is 0 Å². The van der Waals surface area contributed by atoms with E-state index in [4.69, 9.17) is 0 Å². The van der Waals surface area contributed by atoms with E-state index in [0.29, 0.717) is 6.04 Å². The average Bonchev–Trinajstić information content (AvgIpc) is 2.42. The molecule has 0 N–H and O–H groups in total. The van der Waals surface area contributed by atoms with Crippen LogP contribution in [0.5, 0.6) is 0 Å². The third-order valence-corrected chi connectivity index (χ3v) is 4.16. The lowest BCUT2D eigenvalue weighted by Gasteiger charge is -2.38. The molecule has 0 aromatic heterocycles. The lowest BCUT2D eigenvalue weighted by Crippen LogP contribution is -2.43. The zero-order valence-corrected chi connectivity index (χ0v) is 12.5. The predicted octanol–water partition coefficient (Wildman–Crippen LogP) is 3.64. The molecule has 0 unspecified atom stereocenters. The first kappa shape index (κ1) is 14.1. The smallest absolute Gasteiger partial charge is 0.0369 e. The van der Waals surface area contributed by atoms with Crippen molar-refractivity contribution in [2.45, 2.75) is 32.7 Å². The Morgan fingerprint density at radius 3 is 2.32 bits per heavy atom. The van der Waals surface area contributed by atoms with Gasteiger partial charge < -0.3 is 9.80 Å². The fourth-order valence-corrected chi connectivity index (χ4v) is 2.90. The summed E-state index contributed by atoms with van der Waals surface area (Å²) in [6.45, 7) is 11.8. The van der Waals surface area contributed by atoms with E-state index in [9.17, 15) is 0 Å². The first-order valence-corrected chi connectivity index (χ1v) is 7.33. The Kier molecular flexibility index (Phi) is 4.65. The highest BCUT2D eigenvalue weighted by Crippen LogP contribution is 2.24. The molecule has 2 nitrogen and oxygen atoms in total. The molecule has 0 atom stereocenters. The van der Waals surface area contributed by atoms with Crippen LogP contribution in [0.1, 0.15) is 32.3 Å². The van der Waals surface area contributed by atoms with Crippen molar-refractivity contribution in [3.63, 3.8) is 0 Å². The Hall–Kier alpha value is -1.28. The molecule has 0 bridgehead atoms. The fourth-order valence-electron chi connectivity index (χ4n) is 2.90. The highest BCUT2D eigenvalue weighted by atomic mass is 15.2. The molecular formula is C17H26N2. The number of benzene rings is 1. The third kappa shape index (κ3) is 3.38. The Bertz CT molecular complexity index is 413. The van der Waals surface area contributed by atoms with Gasteiger partial charge in [0.2, 0.25) is 0 Å². The Morgan fingerprint density at radius 1 is 1.26 bits per heavy atom. The number of likely N-dealkylation sites (tertiary alicyclic amines) is 1. The van der Waals surface area contributed by atoms with Crippen LogP contribution < -0.4 is 4.90 Å². The molecule has 1 aliphatic rings. The lowest BCUT2D eigenvalue weighted by atomic mass is 10.0. The number of rotatable bonds is 4. The minimum Gasteiger partial charge on any atom is -0.369 e. The highest BCUT2D eigenvalue weighted by Gasteiger charge is 2.22. The summed E-state index contributed by atoms with van der Waals surface area (Å²) in [7, 11) is 2.22. The summed E-state index contributed by atoms with van der Waals surface area (Å²) in [5.41, 5.74) is 3.72. The monoisotopic (exact) mass is 258 g/mol. The third-order valence-electron chi connectivity index (χ3n) is 4.16. The highest BCUT2D eigenvalue weighted by molar-refractivity contribution is 5.64. The molecule has 1 heterocycles. The second-order valence-electron chi connectivity index (χ2n) is 5.65. The van der Waals surface area contributed by atoms with Crippen LogP contribution in [0.3, 0.4) is 0 Å². The molecule has 0 spiro atoms. The molecule has 104 valence electrons. The van der Waals surface area contributed by atoms with Crippen LogP contribution in [0.25, 0.3) is 5.57 Å². The SMILES string of the molecule is C=C(C)c1ccc(N(CC)C2CCN(C)CC2)cc1. The standard InChI is InChI=1S/C17H26N2/c1-5-19(17-10-12-18(4)13-11-17)16-8-6-15(7-9-16)14(2)3/h6-9,17H,2,5,10-13H2,1,3-4H3. The number of nitrogens with zero attached hydrogens (tertiary/aromatic N) is 2. The first-order valence-electron chi connectivity index (χ1n) is 7.33. The zero-order chi connectivity index (χ0) is 13.8. The maximum atomic E-state index is 4.00. The summed E-state index contributed by atoms with van der Waals surface area (Å²) in [6, 6.07) is 9.55. The van der Waals surface area contributed by atoms with Crippen LogP contribution in [-0.2, 0) is 0 Å². The van der Waals surface area contributed by atoms with E-state index in [1.807, 2.05) is 0 Å². The first-order chi connectivity index (χ1) is 9.11. The molecule has 1 aromatic rings. The van der Waals surface area contributed by atoms with Crippen molar-refractivity contribution in [3.05, 3.63) is 36.4 Å². The molecule has 1 aliphatic heterocycles. The van der Waals surface area contributed by atoms with Gasteiger partial charge in [0.1, 0.15) is 0 Å². The van der Waals surface area contributed by atoms with Gasteiger partial charge in [-0.1, -0.05) is 24.3 Å². The molecule has 2 heteroatoms. The molecule has 0 radical (unpaired) electrons. The predicted molar refractivity (Wildman–Crippen MR) is 84.7 cm³/mol. The van der Waals surface area contributed by atoms with Crippen LogP contribution in [0, 0.1) is 0 Å². The van der Waals surface area contributed by atoms with Gasteiger partial charge in [-0.25, -0.2) is 0 Å². The summed E-state index contributed by atoms with van der Waals surface area (Å²) in [5, 5.41) is 0. The molecule has 0 aliphatic carbocycles. The molecule has 1 fully saturated rings. The van der Waals surface area contributed by atoms with Crippen LogP contribution in [0.15, 0.2) is 30.8 Å². The lowest BCUT2D eigenvalue weighted by molar-refractivity contribution is 0.250. The summed E-state index contributed by atoms with van der Waals surface area (Å²) in [4.78, 5) is 4.98. The van der Waals surface area contributed by atoms with Crippen molar-refractivity contribution in [1.82, 2.24) is 4.90 Å². The quantitative estimate of drug-likeness (QED) is 0.813. The Balaban J connectivity index is 2.10. The van der Waals surface area contributed by atoms with Gasteiger partial charge >= 0.3 is 0 Å². The van der Waals surface area contributed by atoms with Crippen molar-refractivity contribution in [3.8, 4) is 0 Å². The molecule has 0 amide bonds. The molecular weight excluding hydrogens is 232 g/mol. The maximum absolute atomic E-state index is 4.00. The molecule has 19 heavy (non-hydrogen) atoms. The summed E-state index contributed by atoms with van der Waals surface area (Å²) in [5.74, 6) is 0. The second kappa shape index (κ2) is 6.25. The Labute approximate surface area is 117 Å². The summed E-state index contributed by atoms with van der Waals surface area (Å²) < 4.78 is 0. The number of allylic oxidation sites excluding steroid dienone is 1. The van der Waals surface area contributed by atoms with E-state index in [1.165, 1.54) is 37.2 Å². The Morgan fingerprint density at radius 2 is 1.84 bits per heavy atom. The van der Waals surface area contributed by atoms with Gasteiger partial charge in [-0.15, -0.1) is 0 Å². The van der Waals surface area contributed by atoms with E-state index < -0.39 is 0 Å². The van der Waals surface area contributed by atoms with E-state index in [1.54, 1.807) is 0 Å². The molecule has 0 saturated carbocycles. The number of hydrogen-bond acceptors (Lipinski definition) is 2. The minimum absolute atomic E-state index is 0.692. The topological polar surface area (TPSA) is 6.48 Å². The normalized spacial score (nSPS) is 17.4. The zero-order valence-electron chi connectivity index (χ0n) is 12.5. The largest absolute Gasteiger partial charge is 0.369 e. The second-order valence-corrected chi connectivity index (χ2v) is 5.65. The fraction of sp³-hybridized carbons (Fsp3) is 0.529. The molecule has 2 rings (SSSR count). The van der Waals surface area contributed by atoms with E-state index >= 15 is 0 Å². The average molecular weight is 258 g/mol. The summed E-state index contributed by atoms with van der Waals surface area (Å²) in [6.07, 6.45) is 2.54. The van der Waals surface area contributed by atoms with Gasteiger partial charge in [0, 0.05) is 18.3 Å². The van der Waals surface area contributed by atoms with E-state index in [0.717, 1.165) is 12.1 Å². The van der Waals surface area contributed by atoms with Gasteiger partial charge in [-0.05, 0) is 64.5 Å². The van der Waals surface area contributed by atoms with Crippen LogP contribution in [0.2, 0.25) is 0 Å². The van der Waals surface area contributed by atoms with Crippen molar-refractivity contribution in [2.75, 3.05) is 31.6 Å². The molecule has 1 aromatic carbocycles. The van der Waals surface area contributed by atoms with Crippen molar-refractivity contribution < 1.29 is 0 Å².